The Bertz CT molecular complexity index is 149. The van der Waals surface area contributed by atoms with Crippen molar-refractivity contribution in [3.63, 3.8) is 0 Å². The molecule has 0 atom stereocenters. The molecule has 62 valence electrons. The summed E-state index contributed by atoms with van der Waals surface area (Å²) in [4.78, 5) is 10.8. The lowest BCUT2D eigenvalue weighted by Crippen LogP contribution is -2.25. The van der Waals surface area contributed by atoms with Gasteiger partial charge in [0.15, 0.2) is 5.78 Å². The van der Waals surface area contributed by atoms with Gasteiger partial charge in [0, 0.05) is 13.7 Å². The fourth-order valence-electron chi connectivity index (χ4n) is 0.578. The molecule has 0 aromatic rings. The Kier molecular flexibility index (Phi) is 6.70. The zero-order valence-corrected chi connectivity index (χ0v) is 6.72. The highest BCUT2D eigenvalue weighted by Crippen LogP contribution is 1.76. The van der Waals surface area contributed by atoms with E-state index in [-0.39, 0.29) is 12.2 Å². The quantitative estimate of drug-likeness (QED) is 0.427. The molecule has 0 bridgehead atoms. The summed E-state index contributed by atoms with van der Waals surface area (Å²) in [5.41, 5.74) is 0. The lowest BCUT2D eigenvalue weighted by Gasteiger charge is -2.00. The summed E-state index contributed by atoms with van der Waals surface area (Å²) < 4.78 is 4.77. The average Bonchev–Trinajstić information content (AvgIpc) is 1.99. The number of Topliss-reactive ketones (excluding diaryl/α,β-unsaturated/α-hetero) is 1. The molecular formula is C8H13NO2. The van der Waals surface area contributed by atoms with Crippen molar-refractivity contribution >= 4 is 5.78 Å². The second-order valence-electron chi connectivity index (χ2n) is 2.09. The van der Waals surface area contributed by atoms with Crippen LogP contribution in [0.2, 0.25) is 0 Å². The van der Waals surface area contributed by atoms with Crippen molar-refractivity contribution in [2.24, 2.45) is 0 Å². The van der Waals surface area contributed by atoms with Crippen LogP contribution >= 0.6 is 0 Å². The van der Waals surface area contributed by atoms with Crippen molar-refractivity contribution in [1.82, 2.24) is 5.32 Å². The van der Waals surface area contributed by atoms with Crippen molar-refractivity contribution in [3.05, 3.63) is 0 Å². The highest BCUT2D eigenvalue weighted by Gasteiger charge is 1.96. The number of rotatable bonds is 6. The molecule has 1 N–H and O–H groups in total. The molecule has 0 aliphatic carbocycles. The van der Waals surface area contributed by atoms with Crippen molar-refractivity contribution in [3.8, 4) is 12.3 Å². The van der Waals surface area contributed by atoms with Crippen molar-refractivity contribution in [1.29, 1.82) is 0 Å². The summed E-state index contributed by atoms with van der Waals surface area (Å²) in [6.07, 6.45) is 5.14. The van der Waals surface area contributed by atoms with Crippen molar-refractivity contribution in [2.75, 3.05) is 26.8 Å². The van der Waals surface area contributed by atoms with E-state index in [0.717, 1.165) is 0 Å². The van der Waals surface area contributed by atoms with Crippen LogP contribution < -0.4 is 5.32 Å². The van der Waals surface area contributed by atoms with Crippen LogP contribution in [0.25, 0.3) is 0 Å². The molecule has 0 radical (unpaired) electrons. The Morgan fingerprint density at radius 2 is 2.45 bits per heavy atom. The maximum atomic E-state index is 10.8. The third-order valence-corrected chi connectivity index (χ3v) is 1.10. The van der Waals surface area contributed by atoms with Gasteiger partial charge in [0.1, 0.15) is 0 Å². The molecule has 0 rings (SSSR count). The van der Waals surface area contributed by atoms with Gasteiger partial charge in [-0.3, -0.25) is 4.79 Å². The largest absolute Gasteiger partial charge is 0.383 e. The van der Waals surface area contributed by atoms with Crippen LogP contribution in [-0.2, 0) is 9.53 Å². The van der Waals surface area contributed by atoms with E-state index in [1.807, 2.05) is 0 Å². The number of terminal acetylenes is 1. The molecule has 0 aliphatic heterocycles. The third-order valence-electron chi connectivity index (χ3n) is 1.10. The molecule has 3 nitrogen and oxygen atoms in total. The van der Waals surface area contributed by atoms with E-state index in [0.29, 0.717) is 19.7 Å². The molecule has 0 aromatic carbocycles. The molecular weight excluding hydrogens is 142 g/mol. The van der Waals surface area contributed by atoms with Crippen LogP contribution in [0.1, 0.15) is 6.42 Å². The Hall–Kier alpha value is -0.850. The number of ketones is 1. The standard InChI is InChI=1S/C8H13NO2/c1-3-4-8(10)7-9-5-6-11-2/h1,9H,4-7H2,2H3. The van der Waals surface area contributed by atoms with Gasteiger partial charge >= 0.3 is 0 Å². The summed E-state index contributed by atoms with van der Waals surface area (Å²) in [5.74, 6) is 2.33. The average molecular weight is 155 g/mol. The van der Waals surface area contributed by atoms with E-state index >= 15 is 0 Å². The lowest BCUT2D eigenvalue weighted by atomic mass is 10.3. The first-order valence-corrected chi connectivity index (χ1v) is 3.46. The lowest BCUT2D eigenvalue weighted by molar-refractivity contribution is -0.117. The van der Waals surface area contributed by atoms with E-state index in [1.165, 1.54) is 0 Å². The van der Waals surface area contributed by atoms with Gasteiger partial charge in [0.2, 0.25) is 0 Å². The Morgan fingerprint density at radius 1 is 1.73 bits per heavy atom. The predicted octanol–water partition coefficient (Wildman–Crippen LogP) is -0.185. The SMILES string of the molecule is C#CCC(=O)CNCCOC. The minimum absolute atomic E-state index is 0.0450. The summed E-state index contributed by atoms with van der Waals surface area (Å²) >= 11 is 0. The second-order valence-corrected chi connectivity index (χ2v) is 2.09. The van der Waals surface area contributed by atoms with Gasteiger partial charge in [-0.1, -0.05) is 5.92 Å². The van der Waals surface area contributed by atoms with Crippen LogP contribution in [0.15, 0.2) is 0 Å². The van der Waals surface area contributed by atoms with Crippen LogP contribution in [0, 0.1) is 12.3 Å². The molecule has 0 saturated carbocycles. The van der Waals surface area contributed by atoms with E-state index in [1.54, 1.807) is 7.11 Å². The fourth-order valence-corrected chi connectivity index (χ4v) is 0.578. The molecule has 0 unspecified atom stereocenters. The first kappa shape index (κ1) is 10.2. The molecule has 0 aromatic heterocycles. The number of methoxy groups -OCH3 is 1. The Labute approximate surface area is 67.1 Å². The van der Waals surface area contributed by atoms with Crippen LogP contribution in [0.4, 0.5) is 0 Å². The second kappa shape index (κ2) is 7.26. The number of ether oxygens (including phenoxy) is 1. The highest BCUT2D eigenvalue weighted by atomic mass is 16.5. The van der Waals surface area contributed by atoms with Crippen molar-refractivity contribution in [2.45, 2.75) is 6.42 Å². The Balaban J connectivity index is 3.12. The summed E-state index contributed by atoms with van der Waals surface area (Å²) in [7, 11) is 1.62. The number of hydrogen-bond donors (Lipinski definition) is 1. The van der Waals surface area contributed by atoms with E-state index < -0.39 is 0 Å². The number of carbonyl (C=O) groups excluding carboxylic acids is 1. The molecule has 11 heavy (non-hydrogen) atoms. The number of carbonyl (C=O) groups is 1. The highest BCUT2D eigenvalue weighted by molar-refractivity contribution is 5.82. The van der Waals surface area contributed by atoms with Crippen LogP contribution in [0.5, 0.6) is 0 Å². The van der Waals surface area contributed by atoms with Gasteiger partial charge in [-0.25, -0.2) is 0 Å². The van der Waals surface area contributed by atoms with E-state index in [2.05, 4.69) is 11.2 Å². The Morgan fingerprint density at radius 3 is 3.00 bits per heavy atom. The van der Waals surface area contributed by atoms with Gasteiger partial charge in [0.25, 0.3) is 0 Å². The zero-order chi connectivity index (χ0) is 8.53. The van der Waals surface area contributed by atoms with Crippen molar-refractivity contribution < 1.29 is 9.53 Å². The first-order valence-electron chi connectivity index (χ1n) is 3.46. The molecule has 0 aliphatic rings. The third kappa shape index (κ3) is 7.04. The van der Waals surface area contributed by atoms with Gasteiger partial charge in [-0.05, 0) is 0 Å². The minimum Gasteiger partial charge on any atom is -0.383 e. The van der Waals surface area contributed by atoms with E-state index in [9.17, 15) is 4.79 Å². The maximum absolute atomic E-state index is 10.8. The zero-order valence-electron chi connectivity index (χ0n) is 6.72. The number of nitrogens with one attached hydrogen (secondary N) is 1. The molecule has 0 heterocycles. The van der Waals surface area contributed by atoms with Gasteiger partial charge < -0.3 is 10.1 Å². The van der Waals surface area contributed by atoms with Gasteiger partial charge in [0.05, 0.1) is 19.6 Å². The first-order chi connectivity index (χ1) is 5.31. The van der Waals surface area contributed by atoms with Gasteiger partial charge in [-0.15, -0.1) is 6.42 Å². The minimum atomic E-state index is 0.0450. The molecule has 0 saturated heterocycles. The molecule has 0 spiro atoms. The van der Waals surface area contributed by atoms with Crippen LogP contribution in [-0.4, -0.2) is 32.6 Å². The number of hydrogen-bond acceptors (Lipinski definition) is 3. The fraction of sp³-hybridized carbons (Fsp3) is 0.625. The smallest absolute Gasteiger partial charge is 0.158 e. The predicted molar refractivity (Wildman–Crippen MR) is 43.2 cm³/mol. The van der Waals surface area contributed by atoms with Crippen LogP contribution in [0.3, 0.4) is 0 Å². The molecule has 0 amide bonds. The monoisotopic (exact) mass is 155 g/mol. The normalized spacial score (nSPS) is 9.09. The summed E-state index contributed by atoms with van der Waals surface area (Å²) in [6.45, 7) is 1.64. The van der Waals surface area contributed by atoms with Gasteiger partial charge in [-0.2, -0.15) is 0 Å². The molecule has 3 heteroatoms. The summed E-state index contributed by atoms with van der Waals surface area (Å²) in [5, 5.41) is 2.90. The maximum Gasteiger partial charge on any atom is 0.158 e. The summed E-state index contributed by atoms with van der Waals surface area (Å²) in [6, 6.07) is 0. The molecule has 0 fully saturated rings. The topological polar surface area (TPSA) is 38.3 Å². The van der Waals surface area contributed by atoms with E-state index in [4.69, 9.17) is 11.2 Å².